The standard InChI is InChI=1S/C18H20FN3O3S/c19-12-5-7-13(8-6-12)20-18(23)17-15-3-1-2-4-16(15)22(21-17)14-9-10-26(24,25)11-14/h5-8,14H,1-4,9-11H2,(H,20,23). The van der Waals surface area contributed by atoms with Gasteiger partial charge in [-0.3, -0.25) is 9.48 Å². The van der Waals surface area contributed by atoms with Crippen LogP contribution in [0.5, 0.6) is 0 Å². The van der Waals surface area contributed by atoms with E-state index in [4.69, 9.17) is 0 Å². The van der Waals surface area contributed by atoms with E-state index < -0.39 is 9.84 Å². The molecule has 0 spiro atoms. The van der Waals surface area contributed by atoms with Gasteiger partial charge in [-0.2, -0.15) is 5.10 Å². The van der Waals surface area contributed by atoms with Gasteiger partial charge in [0.2, 0.25) is 0 Å². The monoisotopic (exact) mass is 377 g/mol. The van der Waals surface area contributed by atoms with E-state index in [-0.39, 0.29) is 29.3 Å². The summed E-state index contributed by atoms with van der Waals surface area (Å²) in [5, 5.41) is 7.28. The minimum atomic E-state index is -3.03. The predicted octanol–water partition coefficient (Wildman–Crippen LogP) is 2.51. The molecule has 1 fully saturated rings. The van der Waals surface area contributed by atoms with Gasteiger partial charge >= 0.3 is 0 Å². The maximum absolute atomic E-state index is 13.0. The molecule has 1 aliphatic heterocycles. The lowest BCUT2D eigenvalue weighted by atomic mass is 9.95. The molecule has 2 aliphatic rings. The van der Waals surface area contributed by atoms with Crippen molar-refractivity contribution in [3.63, 3.8) is 0 Å². The van der Waals surface area contributed by atoms with Crippen LogP contribution in [-0.2, 0) is 22.7 Å². The molecule has 1 aromatic carbocycles. The van der Waals surface area contributed by atoms with Crippen LogP contribution < -0.4 is 5.32 Å². The molecule has 26 heavy (non-hydrogen) atoms. The van der Waals surface area contributed by atoms with Gasteiger partial charge in [-0.25, -0.2) is 12.8 Å². The first-order valence-electron chi connectivity index (χ1n) is 8.80. The van der Waals surface area contributed by atoms with E-state index in [2.05, 4.69) is 10.4 Å². The number of fused-ring (bicyclic) bond motifs is 1. The molecule has 2 aromatic rings. The SMILES string of the molecule is O=C(Nc1ccc(F)cc1)c1nn(C2CCS(=O)(=O)C2)c2c1CCCC2. The van der Waals surface area contributed by atoms with Gasteiger partial charge in [-0.1, -0.05) is 0 Å². The first-order valence-corrected chi connectivity index (χ1v) is 10.6. The van der Waals surface area contributed by atoms with E-state index in [1.165, 1.54) is 24.3 Å². The third-order valence-electron chi connectivity index (χ3n) is 5.08. The number of carbonyl (C=O) groups excluding carboxylic acids is 1. The van der Waals surface area contributed by atoms with Crippen LogP contribution in [0.25, 0.3) is 0 Å². The Hall–Kier alpha value is -2.22. The molecule has 1 amide bonds. The van der Waals surface area contributed by atoms with Crippen molar-refractivity contribution in [3.8, 4) is 0 Å². The molecule has 4 rings (SSSR count). The van der Waals surface area contributed by atoms with Gasteiger partial charge in [0.1, 0.15) is 5.82 Å². The van der Waals surface area contributed by atoms with Crippen molar-refractivity contribution < 1.29 is 17.6 Å². The Bertz CT molecular complexity index is 951. The lowest BCUT2D eigenvalue weighted by Gasteiger charge is -2.17. The molecule has 0 bridgehead atoms. The Kier molecular flexibility index (Phi) is 4.30. The average Bonchev–Trinajstić information content (AvgIpc) is 3.17. The smallest absolute Gasteiger partial charge is 0.276 e. The van der Waals surface area contributed by atoms with Crippen LogP contribution in [0.4, 0.5) is 10.1 Å². The Morgan fingerprint density at radius 2 is 1.92 bits per heavy atom. The molecule has 6 nitrogen and oxygen atoms in total. The number of halogens is 1. The molecular formula is C18H20FN3O3S. The van der Waals surface area contributed by atoms with Crippen LogP contribution in [0.1, 0.15) is 47.1 Å². The van der Waals surface area contributed by atoms with E-state index in [1.54, 1.807) is 4.68 Å². The summed E-state index contributed by atoms with van der Waals surface area (Å²) in [4.78, 5) is 12.7. The number of hydrogen-bond donors (Lipinski definition) is 1. The van der Waals surface area contributed by atoms with E-state index >= 15 is 0 Å². The lowest BCUT2D eigenvalue weighted by molar-refractivity contribution is 0.102. The molecular weight excluding hydrogens is 357 g/mol. The quantitative estimate of drug-likeness (QED) is 0.891. The van der Waals surface area contributed by atoms with Gasteiger partial charge in [0.15, 0.2) is 15.5 Å². The summed E-state index contributed by atoms with van der Waals surface area (Å²) in [6, 6.07) is 5.37. The molecule has 1 atom stereocenters. The molecule has 1 N–H and O–H groups in total. The molecule has 8 heteroatoms. The Balaban J connectivity index is 1.65. The second kappa shape index (κ2) is 6.50. The van der Waals surface area contributed by atoms with Gasteiger partial charge in [-0.05, 0) is 56.4 Å². The van der Waals surface area contributed by atoms with Crippen molar-refractivity contribution in [1.29, 1.82) is 0 Å². The average molecular weight is 377 g/mol. The number of sulfone groups is 1. The van der Waals surface area contributed by atoms with Gasteiger partial charge in [-0.15, -0.1) is 0 Å². The summed E-state index contributed by atoms with van der Waals surface area (Å²) < 4.78 is 38.5. The molecule has 2 heterocycles. The van der Waals surface area contributed by atoms with Gasteiger partial charge in [0.05, 0.1) is 17.5 Å². The zero-order valence-electron chi connectivity index (χ0n) is 14.2. The highest BCUT2D eigenvalue weighted by molar-refractivity contribution is 7.91. The zero-order chi connectivity index (χ0) is 18.3. The number of carbonyl (C=O) groups is 1. The minimum absolute atomic E-state index is 0.0835. The molecule has 0 saturated carbocycles. The molecule has 1 unspecified atom stereocenters. The van der Waals surface area contributed by atoms with Crippen LogP contribution >= 0.6 is 0 Å². The van der Waals surface area contributed by atoms with Crippen molar-refractivity contribution in [2.24, 2.45) is 0 Å². The summed E-state index contributed by atoms with van der Waals surface area (Å²) in [5.74, 6) is -0.453. The van der Waals surface area contributed by atoms with E-state index in [1.807, 2.05) is 0 Å². The number of amides is 1. The fraction of sp³-hybridized carbons (Fsp3) is 0.444. The van der Waals surface area contributed by atoms with Crippen molar-refractivity contribution in [1.82, 2.24) is 9.78 Å². The number of aromatic nitrogens is 2. The van der Waals surface area contributed by atoms with E-state index in [0.29, 0.717) is 17.8 Å². The molecule has 0 radical (unpaired) electrons. The maximum atomic E-state index is 13.0. The summed E-state index contributed by atoms with van der Waals surface area (Å²) in [6.07, 6.45) is 4.11. The summed E-state index contributed by atoms with van der Waals surface area (Å²) >= 11 is 0. The second-order valence-electron chi connectivity index (χ2n) is 6.94. The summed E-state index contributed by atoms with van der Waals surface area (Å²) in [7, 11) is -3.03. The largest absolute Gasteiger partial charge is 0.321 e. The van der Waals surface area contributed by atoms with Crippen molar-refractivity contribution >= 4 is 21.4 Å². The predicted molar refractivity (Wildman–Crippen MR) is 95.5 cm³/mol. The van der Waals surface area contributed by atoms with Gasteiger partial charge in [0, 0.05) is 16.9 Å². The van der Waals surface area contributed by atoms with Crippen LogP contribution in [0.15, 0.2) is 24.3 Å². The molecule has 1 saturated heterocycles. The van der Waals surface area contributed by atoms with Crippen LogP contribution in [0, 0.1) is 5.82 Å². The summed E-state index contributed by atoms with van der Waals surface area (Å²) in [5.41, 5.74) is 2.76. The zero-order valence-corrected chi connectivity index (χ0v) is 15.1. The number of nitrogens with zero attached hydrogens (tertiary/aromatic N) is 2. The molecule has 1 aliphatic carbocycles. The van der Waals surface area contributed by atoms with Gasteiger partial charge in [0.25, 0.3) is 5.91 Å². The maximum Gasteiger partial charge on any atom is 0.276 e. The van der Waals surface area contributed by atoms with Gasteiger partial charge < -0.3 is 5.32 Å². The number of rotatable bonds is 3. The normalized spacial score (nSPS) is 21.3. The first-order chi connectivity index (χ1) is 12.4. The summed E-state index contributed by atoms with van der Waals surface area (Å²) in [6.45, 7) is 0. The van der Waals surface area contributed by atoms with Crippen molar-refractivity contribution in [2.75, 3.05) is 16.8 Å². The minimum Gasteiger partial charge on any atom is -0.321 e. The Labute approximate surface area is 151 Å². The van der Waals surface area contributed by atoms with Crippen LogP contribution in [-0.4, -0.2) is 35.6 Å². The fourth-order valence-corrected chi connectivity index (χ4v) is 5.49. The van der Waals surface area contributed by atoms with Crippen LogP contribution in [0.3, 0.4) is 0 Å². The first kappa shape index (κ1) is 17.2. The number of nitrogens with one attached hydrogen (secondary N) is 1. The molecule has 1 aromatic heterocycles. The second-order valence-corrected chi connectivity index (χ2v) is 9.17. The highest BCUT2D eigenvalue weighted by Gasteiger charge is 2.34. The van der Waals surface area contributed by atoms with Crippen molar-refractivity contribution in [2.45, 2.75) is 38.1 Å². The third kappa shape index (κ3) is 3.25. The van der Waals surface area contributed by atoms with E-state index in [0.717, 1.165) is 36.9 Å². The Morgan fingerprint density at radius 3 is 2.62 bits per heavy atom. The number of anilines is 1. The van der Waals surface area contributed by atoms with E-state index in [9.17, 15) is 17.6 Å². The lowest BCUT2D eigenvalue weighted by Crippen LogP contribution is -2.17. The fourth-order valence-electron chi connectivity index (χ4n) is 3.80. The van der Waals surface area contributed by atoms with Crippen LogP contribution in [0.2, 0.25) is 0 Å². The molecule has 138 valence electrons. The number of benzene rings is 1. The highest BCUT2D eigenvalue weighted by Crippen LogP contribution is 2.31. The Morgan fingerprint density at radius 1 is 1.19 bits per heavy atom. The highest BCUT2D eigenvalue weighted by atomic mass is 32.2. The topological polar surface area (TPSA) is 81.1 Å². The van der Waals surface area contributed by atoms with Crippen molar-refractivity contribution in [3.05, 3.63) is 47.0 Å². The number of hydrogen-bond acceptors (Lipinski definition) is 4. The third-order valence-corrected chi connectivity index (χ3v) is 6.83.